The van der Waals surface area contributed by atoms with Gasteiger partial charge in [-0.2, -0.15) is 4.57 Å². The molecule has 0 unspecified atom stereocenters. The zero-order valence-electron chi connectivity index (χ0n) is 18.7. The van der Waals surface area contributed by atoms with Crippen molar-refractivity contribution in [3.63, 3.8) is 0 Å². The summed E-state index contributed by atoms with van der Waals surface area (Å²) in [6.07, 6.45) is 14.7. The average Bonchev–Trinajstić information content (AvgIpc) is 3.55. The highest BCUT2D eigenvalue weighted by Crippen LogP contribution is 2.50. The maximum atomic E-state index is 2.54. The summed E-state index contributed by atoms with van der Waals surface area (Å²) in [7, 11) is 0. The second kappa shape index (κ2) is 8.03. The minimum atomic E-state index is 1.15. The third kappa shape index (κ3) is 3.43. The largest absolute Gasteiger partial charge is 0.335 e. The van der Waals surface area contributed by atoms with E-state index >= 15 is 0 Å². The van der Waals surface area contributed by atoms with Crippen LogP contribution in [0.2, 0.25) is 0 Å². The normalized spacial score (nSPS) is 22.2. The lowest BCUT2D eigenvalue weighted by molar-refractivity contribution is -0.672. The Labute approximate surface area is 203 Å². The Morgan fingerprint density at radius 1 is 0.879 bits per heavy atom. The topological polar surface area (TPSA) is 7.12 Å². The van der Waals surface area contributed by atoms with Gasteiger partial charge in [0, 0.05) is 29.5 Å². The van der Waals surface area contributed by atoms with Crippen LogP contribution in [0.4, 0.5) is 5.69 Å². The molecule has 33 heavy (non-hydrogen) atoms. The first-order chi connectivity index (χ1) is 16.3. The average molecular weight is 468 g/mol. The van der Waals surface area contributed by atoms with Gasteiger partial charge in [0.2, 0.25) is 5.52 Å². The highest BCUT2D eigenvalue weighted by Gasteiger charge is 2.30. The summed E-state index contributed by atoms with van der Waals surface area (Å²) in [5.41, 5.74) is 8.86. The van der Waals surface area contributed by atoms with Crippen LogP contribution in [0.3, 0.4) is 0 Å². The van der Waals surface area contributed by atoms with E-state index in [-0.39, 0.29) is 0 Å². The monoisotopic (exact) mass is 467 g/mol. The Morgan fingerprint density at radius 3 is 2.79 bits per heavy atom. The van der Waals surface area contributed by atoms with Crippen molar-refractivity contribution in [1.82, 2.24) is 0 Å². The number of allylic oxidation sites excluding steroid dienone is 7. The van der Waals surface area contributed by atoms with Gasteiger partial charge in [0.15, 0.2) is 6.54 Å². The van der Waals surface area contributed by atoms with E-state index in [2.05, 4.69) is 76.2 Å². The van der Waals surface area contributed by atoms with Crippen LogP contribution in [-0.4, -0.2) is 6.54 Å². The van der Waals surface area contributed by atoms with E-state index in [1.54, 1.807) is 0 Å². The third-order valence-corrected chi connectivity index (χ3v) is 9.70. The lowest BCUT2D eigenvalue weighted by Crippen LogP contribution is -2.38. The predicted octanol–water partition coefficient (Wildman–Crippen LogP) is 7.63. The lowest BCUT2D eigenvalue weighted by atomic mass is 10.0. The molecule has 164 valence electrons. The number of aryl methyl sites for hydroxylation is 1. The van der Waals surface area contributed by atoms with Crippen LogP contribution in [0.1, 0.15) is 43.5 Å². The van der Waals surface area contributed by atoms with Crippen LogP contribution in [0, 0.1) is 0 Å². The molecule has 7 rings (SSSR count). The predicted molar refractivity (Wildman–Crippen MR) is 141 cm³/mol. The molecule has 4 heterocycles. The molecular weight excluding hydrogens is 440 g/mol. The molecule has 0 saturated carbocycles. The first-order valence-corrected chi connectivity index (χ1v) is 13.8. The number of benzene rings is 2. The zero-order valence-corrected chi connectivity index (χ0v) is 20.4. The molecule has 3 aliphatic heterocycles. The molecule has 0 atom stereocenters. The second-order valence-corrected chi connectivity index (χ2v) is 11.5. The molecule has 0 fully saturated rings. The van der Waals surface area contributed by atoms with Crippen molar-refractivity contribution in [2.24, 2.45) is 0 Å². The van der Waals surface area contributed by atoms with E-state index < -0.39 is 0 Å². The van der Waals surface area contributed by atoms with Gasteiger partial charge >= 0.3 is 0 Å². The SMILES string of the molecule is C1=C(C=C2CCC[n+]3c2sc2ccccc23)CC/C1=C/C1=C2Sc3ccccc3N2CCC1. The van der Waals surface area contributed by atoms with E-state index in [0.29, 0.717) is 0 Å². The molecule has 0 spiro atoms. The summed E-state index contributed by atoms with van der Waals surface area (Å²) in [6, 6.07) is 17.7. The number of thiazole rings is 1. The molecule has 4 aliphatic rings. The van der Waals surface area contributed by atoms with Crippen LogP contribution < -0.4 is 9.47 Å². The van der Waals surface area contributed by atoms with Crippen molar-refractivity contribution in [3.05, 3.63) is 93.5 Å². The fourth-order valence-corrected chi connectivity index (χ4v) is 8.13. The van der Waals surface area contributed by atoms with Crippen molar-refractivity contribution in [2.75, 3.05) is 11.4 Å². The summed E-state index contributed by atoms with van der Waals surface area (Å²) in [6.45, 7) is 2.29. The number of fused-ring (bicyclic) bond motifs is 6. The molecule has 0 amide bonds. The van der Waals surface area contributed by atoms with E-state index in [9.17, 15) is 0 Å². The van der Waals surface area contributed by atoms with Crippen LogP contribution in [-0.2, 0) is 6.54 Å². The van der Waals surface area contributed by atoms with E-state index in [4.69, 9.17) is 0 Å². The number of rotatable bonds is 2. The van der Waals surface area contributed by atoms with Crippen molar-refractivity contribution in [1.29, 1.82) is 0 Å². The summed E-state index contributed by atoms with van der Waals surface area (Å²) in [4.78, 5) is 3.95. The van der Waals surface area contributed by atoms with Gasteiger partial charge in [-0.15, -0.1) is 0 Å². The number of hydrogen-bond donors (Lipinski definition) is 0. The van der Waals surface area contributed by atoms with Gasteiger partial charge in [0.25, 0.3) is 5.01 Å². The van der Waals surface area contributed by atoms with E-state index in [1.807, 2.05) is 23.1 Å². The first kappa shape index (κ1) is 19.9. The number of aromatic nitrogens is 1. The Morgan fingerprint density at radius 2 is 1.79 bits per heavy atom. The molecule has 4 heteroatoms. The third-order valence-electron chi connectivity index (χ3n) is 7.21. The molecule has 3 aromatic rings. The molecule has 2 aromatic carbocycles. The van der Waals surface area contributed by atoms with Crippen LogP contribution in [0.15, 0.2) is 93.4 Å². The summed E-state index contributed by atoms with van der Waals surface area (Å²) in [5.74, 6) is 0. The van der Waals surface area contributed by atoms with Gasteiger partial charge < -0.3 is 4.90 Å². The quantitative estimate of drug-likeness (QED) is 0.358. The number of para-hydroxylation sites is 2. The number of anilines is 1. The van der Waals surface area contributed by atoms with Gasteiger partial charge in [-0.3, -0.25) is 0 Å². The Bertz CT molecular complexity index is 1400. The number of thioether (sulfide) groups is 1. The van der Waals surface area contributed by atoms with E-state index in [0.717, 1.165) is 13.1 Å². The van der Waals surface area contributed by atoms with Gasteiger partial charge in [-0.05, 0) is 73.1 Å². The maximum Gasteiger partial charge on any atom is 0.265 e. The molecule has 0 saturated heterocycles. The molecule has 0 radical (unpaired) electrons. The summed E-state index contributed by atoms with van der Waals surface area (Å²) >= 11 is 3.92. The minimum Gasteiger partial charge on any atom is -0.335 e. The first-order valence-electron chi connectivity index (χ1n) is 12.1. The van der Waals surface area contributed by atoms with Crippen LogP contribution in [0.5, 0.6) is 0 Å². The fourth-order valence-electron chi connectivity index (χ4n) is 5.68. The van der Waals surface area contributed by atoms with Crippen molar-refractivity contribution < 1.29 is 4.57 Å². The van der Waals surface area contributed by atoms with Crippen LogP contribution in [0.25, 0.3) is 15.8 Å². The molecule has 1 aromatic heterocycles. The standard InChI is InChI=1S/C29H27N2S2/c1-3-11-26-24(9-1)30-15-5-7-22(28(30)32-26)18-20-13-14-21(17-20)19-23-8-6-16-31-25-10-2-4-12-27(25)33-29(23)31/h1-4,9-12,17-19H,5-8,13-16H2/q+1. The van der Waals surface area contributed by atoms with Crippen molar-refractivity contribution >= 4 is 44.6 Å². The van der Waals surface area contributed by atoms with Gasteiger partial charge in [-0.1, -0.05) is 59.5 Å². The molecule has 0 bridgehead atoms. The molecular formula is C29H27N2S2+. The summed E-state index contributed by atoms with van der Waals surface area (Å²) in [5, 5.41) is 2.93. The van der Waals surface area contributed by atoms with Crippen LogP contribution >= 0.6 is 23.1 Å². The fraction of sp³-hybridized carbons (Fsp3) is 0.276. The highest BCUT2D eigenvalue weighted by molar-refractivity contribution is 8.03. The smallest absolute Gasteiger partial charge is 0.265 e. The molecule has 0 N–H and O–H groups in total. The van der Waals surface area contributed by atoms with Gasteiger partial charge in [-0.25, -0.2) is 0 Å². The molecule has 2 nitrogen and oxygen atoms in total. The Hall–Kier alpha value is -2.56. The van der Waals surface area contributed by atoms with Gasteiger partial charge in [0.1, 0.15) is 4.70 Å². The van der Waals surface area contributed by atoms with Crippen molar-refractivity contribution in [2.45, 2.75) is 50.0 Å². The lowest BCUT2D eigenvalue weighted by Gasteiger charge is -2.27. The maximum absolute atomic E-state index is 2.54. The Balaban J connectivity index is 1.20. The summed E-state index contributed by atoms with van der Waals surface area (Å²) < 4.78 is 3.95. The van der Waals surface area contributed by atoms with E-state index in [1.165, 1.54) is 91.7 Å². The second-order valence-electron chi connectivity index (χ2n) is 9.39. The Kier molecular flexibility index (Phi) is 4.84. The van der Waals surface area contributed by atoms with Gasteiger partial charge in [0.05, 0.1) is 10.7 Å². The number of hydrogen-bond acceptors (Lipinski definition) is 3. The molecule has 1 aliphatic carbocycles. The zero-order chi connectivity index (χ0) is 21.8. The minimum absolute atomic E-state index is 1.15. The number of nitrogens with zero attached hydrogens (tertiary/aromatic N) is 2. The van der Waals surface area contributed by atoms with Crippen molar-refractivity contribution in [3.8, 4) is 0 Å². The highest BCUT2D eigenvalue weighted by atomic mass is 32.2.